The minimum absolute atomic E-state index is 0.0268. The molecule has 0 spiro atoms. The number of amides is 1. The molecule has 1 aliphatic carbocycles. The van der Waals surface area contributed by atoms with Crippen molar-refractivity contribution in [3.8, 4) is 5.75 Å². The van der Waals surface area contributed by atoms with E-state index in [-0.39, 0.29) is 5.91 Å². The van der Waals surface area contributed by atoms with Gasteiger partial charge in [-0.3, -0.25) is 4.79 Å². The Morgan fingerprint density at radius 3 is 2.53 bits per heavy atom. The van der Waals surface area contributed by atoms with Crippen molar-refractivity contribution in [3.05, 3.63) is 59.2 Å². The van der Waals surface area contributed by atoms with E-state index >= 15 is 0 Å². The summed E-state index contributed by atoms with van der Waals surface area (Å²) < 4.78 is 10.7. The fraction of sp³-hybridized carbons (Fsp3) is 0.440. The Labute approximate surface area is 178 Å². The van der Waals surface area contributed by atoms with Gasteiger partial charge in [-0.2, -0.15) is 0 Å². The predicted octanol–water partition coefficient (Wildman–Crippen LogP) is 5.41. The Kier molecular flexibility index (Phi) is 7.14. The number of carbonyl (C=O) groups is 2. The van der Waals surface area contributed by atoms with E-state index in [2.05, 4.69) is 18.3 Å². The molecular formula is C25H31NO4. The molecule has 0 heterocycles. The second-order valence-corrected chi connectivity index (χ2v) is 8.02. The number of carbonyl (C=O) groups excluding carboxylic acids is 2. The number of unbranched alkanes of at least 4 members (excludes halogenated alkanes) is 1. The van der Waals surface area contributed by atoms with Gasteiger partial charge in [0.25, 0.3) is 0 Å². The summed E-state index contributed by atoms with van der Waals surface area (Å²) in [5, 5.41) is 3.05. The van der Waals surface area contributed by atoms with Crippen molar-refractivity contribution in [1.82, 2.24) is 0 Å². The monoisotopic (exact) mass is 409 g/mol. The van der Waals surface area contributed by atoms with Gasteiger partial charge in [-0.25, -0.2) is 4.79 Å². The van der Waals surface area contributed by atoms with E-state index < -0.39 is 11.4 Å². The van der Waals surface area contributed by atoms with Crippen LogP contribution < -0.4 is 10.1 Å². The number of hydrogen-bond acceptors (Lipinski definition) is 4. The van der Waals surface area contributed by atoms with Crippen LogP contribution >= 0.6 is 0 Å². The standard InChI is InChI=1S/C25H31NO4/c1-4-5-15-30-22-12-11-20(17-21(22)23(27)29-3)26-24(28)25(13-6-7-14-25)19-10-8-9-18(2)16-19/h8-12,16-17H,4-7,13-15H2,1-3H3,(H,26,28). The summed E-state index contributed by atoms with van der Waals surface area (Å²) in [6.45, 7) is 4.66. The number of rotatable bonds is 8. The lowest BCUT2D eigenvalue weighted by Crippen LogP contribution is -2.38. The Hall–Kier alpha value is -2.82. The number of ether oxygens (including phenoxy) is 2. The van der Waals surface area contributed by atoms with Crippen LogP contribution in [0.2, 0.25) is 0 Å². The van der Waals surface area contributed by atoms with Crippen LogP contribution in [0, 0.1) is 6.92 Å². The molecule has 1 saturated carbocycles. The average molecular weight is 410 g/mol. The molecule has 3 rings (SSSR count). The molecule has 5 heteroatoms. The van der Waals surface area contributed by atoms with Crippen molar-refractivity contribution < 1.29 is 19.1 Å². The quantitative estimate of drug-likeness (QED) is 0.468. The molecule has 0 atom stereocenters. The van der Waals surface area contributed by atoms with Crippen molar-refractivity contribution in [2.24, 2.45) is 0 Å². The SMILES string of the molecule is CCCCOc1ccc(NC(=O)C2(c3cccc(C)c3)CCCC2)cc1C(=O)OC. The zero-order valence-electron chi connectivity index (χ0n) is 18.1. The molecule has 1 aliphatic rings. The molecule has 1 fully saturated rings. The van der Waals surface area contributed by atoms with E-state index in [0.717, 1.165) is 49.7 Å². The van der Waals surface area contributed by atoms with Crippen LogP contribution in [-0.2, 0) is 14.9 Å². The van der Waals surface area contributed by atoms with Crippen LogP contribution in [0.4, 0.5) is 5.69 Å². The van der Waals surface area contributed by atoms with Crippen molar-refractivity contribution in [2.75, 3.05) is 19.0 Å². The van der Waals surface area contributed by atoms with E-state index in [0.29, 0.717) is 23.6 Å². The van der Waals surface area contributed by atoms with Gasteiger partial charge < -0.3 is 14.8 Å². The van der Waals surface area contributed by atoms with E-state index in [1.54, 1.807) is 18.2 Å². The van der Waals surface area contributed by atoms with Gasteiger partial charge in [0.05, 0.1) is 19.1 Å². The van der Waals surface area contributed by atoms with Gasteiger partial charge in [0, 0.05) is 5.69 Å². The largest absolute Gasteiger partial charge is 0.493 e. The maximum absolute atomic E-state index is 13.4. The molecule has 0 radical (unpaired) electrons. The molecule has 0 bridgehead atoms. The van der Waals surface area contributed by atoms with Gasteiger partial charge >= 0.3 is 5.97 Å². The first-order valence-electron chi connectivity index (χ1n) is 10.7. The Morgan fingerprint density at radius 2 is 1.87 bits per heavy atom. The highest BCUT2D eigenvalue weighted by molar-refractivity contribution is 6.01. The summed E-state index contributed by atoms with van der Waals surface area (Å²) in [4.78, 5) is 25.7. The Bertz CT molecular complexity index is 900. The first-order chi connectivity index (χ1) is 14.5. The Balaban J connectivity index is 1.86. The third kappa shape index (κ3) is 4.66. The minimum Gasteiger partial charge on any atom is -0.493 e. The molecular weight excluding hydrogens is 378 g/mol. The highest BCUT2D eigenvalue weighted by atomic mass is 16.5. The fourth-order valence-corrected chi connectivity index (χ4v) is 4.15. The van der Waals surface area contributed by atoms with Crippen molar-refractivity contribution in [1.29, 1.82) is 0 Å². The number of methoxy groups -OCH3 is 1. The lowest BCUT2D eigenvalue weighted by atomic mass is 9.77. The second-order valence-electron chi connectivity index (χ2n) is 8.02. The number of benzene rings is 2. The molecule has 2 aromatic carbocycles. The van der Waals surface area contributed by atoms with E-state index in [9.17, 15) is 9.59 Å². The topological polar surface area (TPSA) is 64.6 Å². The normalized spacial score (nSPS) is 14.9. The van der Waals surface area contributed by atoms with Crippen molar-refractivity contribution in [3.63, 3.8) is 0 Å². The lowest BCUT2D eigenvalue weighted by Gasteiger charge is -2.29. The number of aryl methyl sites for hydroxylation is 1. The van der Waals surface area contributed by atoms with Crippen LogP contribution in [0.5, 0.6) is 5.75 Å². The summed E-state index contributed by atoms with van der Waals surface area (Å²) in [7, 11) is 1.34. The van der Waals surface area contributed by atoms with Crippen molar-refractivity contribution >= 4 is 17.6 Å². The second kappa shape index (κ2) is 9.79. The zero-order chi connectivity index (χ0) is 21.6. The maximum atomic E-state index is 13.4. The van der Waals surface area contributed by atoms with E-state index in [1.165, 1.54) is 7.11 Å². The molecule has 0 saturated heterocycles. The molecule has 30 heavy (non-hydrogen) atoms. The van der Waals surface area contributed by atoms with Crippen LogP contribution in [0.1, 0.15) is 66.9 Å². The van der Waals surface area contributed by atoms with E-state index in [1.807, 2.05) is 25.1 Å². The van der Waals surface area contributed by atoms with Gasteiger partial charge in [0.1, 0.15) is 11.3 Å². The van der Waals surface area contributed by atoms with Gasteiger partial charge in [-0.15, -0.1) is 0 Å². The summed E-state index contributed by atoms with van der Waals surface area (Å²) in [5.41, 5.74) is 2.57. The average Bonchev–Trinajstić information content (AvgIpc) is 3.25. The smallest absolute Gasteiger partial charge is 0.341 e. The summed E-state index contributed by atoms with van der Waals surface area (Å²) in [6.07, 6.45) is 5.60. The van der Waals surface area contributed by atoms with Crippen LogP contribution in [0.3, 0.4) is 0 Å². The molecule has 1 amide bonds. The number of nitrogens with one attached hydrogen (secondary N) is 1. The van der Waals surface area contributed by atoms with Gasteiger partial charge in [0.2, 0.25) is 5.91 Å². The number of esters is 1. The number of hydrogen-bond donors (Lipinski definition) is 1. The summed E-state index contributed by atoms with van der Waals surface area (Å²) in [6, 6.07) is 13.4. The number of anilines is 1. The third-order valence-electron chi connectivity index (χ3n) is 5.86. The van der Waals surface area contributed by atoms with Crippen LogP contribution in [-0.4, -0.2) is 25.6 Å². The fourth-order valence-electron chi connectivity index (χ4n) is 4.15. The molecule has 0 aromatic heterocycles. The molecule has 1 N–H and O–H groups in total. The zero-order valence-corrected chi connectivity index (χ0v) is 18.1. The molecule has 2 aromatic rings. The van der Waals surface area contributed by atoms with E-state index in [4.69, 9.17) is 9.47 Å². The lowest BCUT2D eigenvalue weighted by molar-refractivity contribution is -0.121. The highest BCUT2D eigenvalue weighted by Gasteiger charge is 2.42. The first-order valence-corrected chi connectivity index (χ1v) is 10.7. The predicted molar refractivity (Wildman–Crippen MR) is 118 cm³/mol. The van der Waals surface area contributed by atoms with Gasteiger partial charge in [-0.05, 0) is 49.9 Å². The minimum atomic E-state index is -0.534. The van der Waals surface area contributed by atoms with Gasteiger partial charge in [-0.1, -0.05) is 56.0 Å². The molecule has 160 valence electrons. The van der Waals surface area contributed by atoms with Crippen LogP contribution in [0.15, 0.2) is 42.5 Å². The summed E-state index contributed by atoms with van der Waals surface area (Å²) >= 11 is 0. The molecule has 5 nitrogen and oxygen atoms in total. The first kappa shape index (κ1) is 21.9. The highest BCUT2D eigenvalue weighted by Crippen LogP contribution is 2.42. The van der Waals surface area contributed by atoms with Crippen LogP contribution in [0.25, 0.3) is 0 Å². The molecule has 0 aliphatic heterocycles. The Morgan fingerprint density at radius 1 is 1.10 bits per heavy atom. The summed E-state index contributed by atoms with van der Waals surface area (Å²) in [5.74, 6) is -0.0320. The third-order valence-corrected chi connectivity index (χ3v) is 5.86. The maximum Gasteiger partial charge on any atom is 0.341 e. The van der Waals surface area contributed by atoms with Gasteiger partial charge in [0.15, 0.2) is 0 Å². The molecule has 0 unspecified atom stereocenters. The van der Waals surface area contributed by atoms with Crippen molar-refractivity contribution in [2.45, 2.75) is 57.8 Å².